The van der Waals surface area contributed by atoms with E-state index in [0.29, 0.717) is 6.54 Å². The molecule has 0 aliphatic carbocycles. The smallest absolute Gasteiger partial charge is 0.0626 e. The fourth-order valence-corrected chi connectivity index (χ4v) is 2.53. The molecule has 0 unspecified atom stereocenters. The Morgan fingerprint density at radius 1 is 0.952 bits per heavy atom. The summed E-state index contributed by atoms with van der Waals surface area (Å²) in [7, 11) is 0. The van der Waals surface area contributed by atoms with Crippen molar-refractivity contribution < 1.29 is 5.11 Å². The first kappa shape index (κ1) is 13.7. The predicted octanol–water partition coefficient (Wildman–Crippen LogP) is 3.06. The fraction of sp³-hybridized carbons (Fsp3) is 0.167. The maximum atomic E-state index is 9.59. The first-order chi connectivity index (χ1) is 10.4. The lowest BCUT2D eigenvalue weighted by molar-refractivity contribution is 0.244. The number of hydrogen-bond donors (Lipinski definition) is 2. The predicted molar refractivity (Wildman–Crippen MR) is 84.9 cm³/mol. The van der Waals surface area contributed by atoms with Gasteiger partial charge in [0.15, 0.2) is 0 Å². The van der Waals surface area contributed by atoms with Gasteiger partial charge in [-0.1, -0.05) is 54.6 Å². The van der Waals surface area contributed by atoms with Gasteiger partial charge in [-0.3, -0.25) is 4.98 Å². The van der Waals surface area contributed by atoms with Gasteiger partial charge >= 0.3 is 0 Å². The number of hydrogen-bond acceptors (Lipinski definition) is 3. The number of nitrogens with zero attached hydrogens (tertiary/aromatic N) is 1. The Balaban J connectivity index is 1.79. The number of aliphatic hydroxyl groups excluding tert-OH is 1. The summed E-state index contributed by atoms with van der Waals surface area (Å²) < 4.78 is 0. The molecule has 1 heterocycles. The highest BCUT2D eigenvalue weighted by molar-refractivity contribution is 5.84. The highest BCUT2D eigenvalue weighted by Gasteiger charge is 2.10. The first-order valence-electron chi connectivity index (χ1n) is 7.09. The molecule has 0 bridgehead atoms. The topological polar surface area (TPSA) is 45.1 Å². The van der Waals surface area contributed by atoms with E-state index in [1.807, 2.05) is 54.9 Å². The van der Waals surface area contributed by atoms with E-state index < -0.39 is 0 Å². The third-order valence-electron chi connectivity index (χ3n) is 3.67. The van der Waals surface area contributed by atoms with Crippen molar-refractivity contribution in [1.82, 2.24) is 10.3 Å². The van der Waals surface area contributed by atoms with Gasteiger partial charge in [-0.15, -0.1) is 0 Å². The minimum Gasteiger partial charge on any atom is -0.394 e. The molecule has 0 aliphatic rings. The summed E-state index contributed by atoms with van der Waals surface area (Å²) in [5, 5.41) is 15.3. The molecule has 3 nitrogen and oxygen atoms in total. The molecule has 2 N–H and O–H groups in total. The van der Waals surface area contributed by atoms with Crippen LogP contribution in [0, 0.1) is 0 Å². The molecule has 2 aromatic carbocycles. The van der Waals surface area contributed by atoms with Gasteiger partial charge in [0, 0.05) is 24.3 Å². The quantitative estimate of drug-likeness (QED) is 0.754. The Bertz CT molecular complexity index is 707. The van der Waals surface area contributed by atoms with Crippen molar-refractivity contribution in [3.05, 3.63) is 78.1 Å². The Morgan fingerprint density at radius 2 is 1.71 bits per heavy atom. The maximum absolute atomic E-state index is 9.59. The number of aliphatic hydroxyl groups is 1. The zero-order valence-corrected chi connectivity index (χ0v) is 11.7. The highest BCUT2D eigenvalue weighted by atomic mass is 16.3. The van der Waals surface area contributed by atoms with Gasteiger partial charge in [0.25, 0.3) is 0 Å². The first-order valence-corrected chi connectivity index (χ1v) is 7.09. The molecule has 106 valence electrons. The van der Waals surface area contributed by atoms with E-state index in [1.54, 1.807) is 0 Å². The van der Waals surface area contributed by atoms with Crippen LogP contribution < -0.4 is 5.32 Å². The van der Waals surface area contributed by atoms with Crippen LogP contribution in [0.2, 0.25) is 0 Å². The van der Waals surface area contributed by atoms with E-state index in [4.69, 9.17) is 0 Å². The summed E-state index contributed by atoms with van der Waals surface area (Å²) in [5.74, 6) is 0. The van der Waals surface area contributed by atoms with Crippen LogP contribution >= 0.6 is 0 Å². The van der Waals surface area contributed by atoms with Crippen LogP contribution in [-0.2, 0) is 6.54 Å². The van der Waals surface area contributed by atoms with E-state index in [9.17, 15) is 5.11 Å². The molecule has 3 rings (SSSR count). The summed E-state index contributed by atoms with van der Waals surface area (Å²) in [4.78, 5) is 4.29. The molecule has 0 radical (unpaired) electrons. The van der Waals surface area contributed by atoms with Crippen LogP contribution in [0.1, 0.15) is 17.2 Å². The van der Waals surface area contributed by atoms with Crippen LogP contribution in [0.4, 0.5) is 0 Å². The van der Waals surface area contributed by atoms with Crippen LogP contribution in [0.5, 0.6) is 0 Å². The van der Waals surface area contributed by atoms with E-state index in [1.165, 1.54) is 5.39 Å². The van der Waals surface area contributed by atoms with E-state index in [0.717, 1.165) is 16.5 Å². The lowest BCUT2D eigenvalue weighted by Crippen LogP contribution is -2.24. The Kier molecular flexibility index (Phi) is 4.24. The number of rotatable bonds is 5. The normalized spacial score (nSPS) is 12.4. The summed E-state index contributed by atoms with van der Waals surface area (Å²) in [6.07, 6.45) is 3.76. The second-order valence-electron chi connectivity index (χ2n) is 5.05. The average Bonchev–Trinajstić information content (AvgIpc) is 2.56. The molecule has 1 aromatic heterocycles. The molecule has 0 saturated carbocycles. The maximum Gasteiger partial charge on any atom is 0.0626 e. The second-order valence-corrected chi connectivity index (χ2v) is 5.05. The number of pyridine rings is 1. The molecular weight excluding hydrogens is 260 g/mol. The molecule has 0 spiro atoms. The highest BCUT2D eigenvalue weighted by Crippen LogP contribution is 2.18. The van der Waals surface area contributed by atoms with Crippen LogP contribution in [-0.4, -0.2) is 16.7 Å². The molecule has 21 heavy (non-hydrogen) atoms. The van der Waals surface area contributed by atoms with Crippen molar-refractivity contribution in [2.45, 2.75) is 12.6 Å². The standard InChI is InChI=1S/C18H18N2O/c21-13-18(14-6-2-1-3-7-14)20-12-16-11-19-10-15-8-4-5-9-17(15)16/h1-11,18,20-21H,12-13H2/t18-/m1/s1. The molecule has 3 heteroatoms. The van der Waals surface area contributed by atoms with Crippen molar-refractivity contribution in [1.29, 1.82) is 0 Å². The zero-order valence-electron chi connectivity index (χ0n) is 11.7. The molecule has 0 amide bonds. The molecule has 0 saturated heterocycles. The van der Waals surface area contributed by atoms with Crippen molar-refractivity contribution >= 4 is 10.8 Å². The molecule has 0 fully saturated rings. The lowest BCUT2D eigenvalue weighted by atomic mass is 10.1. The third kappa shape index (κ3) is 3.10. The molecular formula is C18H18N2O. The van der Waals surface area contributed by atoms with Crippen LogP contribution in [0.15, 0.2) is 67.0 Å². The summed E-state index contributed by atoms with van der Waals surface area (Å²) in [5.41, 5.74) is 2.23. The lowest BCUT2D eigenvalue weighted by Gasteiger charge is -2.17. The Labute approximate surface area is 124 Å². The minimum absolute atomic E-state index is 0.0647. The number of fused-ring (bicyclic) bond motifs is 1. The van der Waals surface area contributed by atoms with Gasteiger partial charge in [0.05, 0.1) is 12.6 Å². The Hall–Kier alpha value is -2.23. The van der Waals surface area contributed by atoms with Gasteiger partial charge in [-0.25, -0.2) is 0 Å². The van der Waals surface area contributed by atoms with Gasteiger partial charge in [0.2, 0.25) is 0 Å². The number of benzene rings is 2. The molecule has 1 atom stereocenters. The van der Waals surface area contributed by atoms with Crippen molar-refractivity contribution in [3.8, 4) is 0 Å². The summed E-state index contributed by atoms with van der Waals surface area (Å²) in [6, 6.07) is 18.1. The number of nitrogens with one attached hydrogen (secondary N) is 1. The van der Waals surface area contributed by atoms with Crippen molar-refractivity contribution in [3.63, 3.8) is 0 Å². The van der Waals surface area contributed by atoms with E-state index in [-0.39, 0.29) is 12.6 Å². The van der Waals surface area contributed by atoms with E-state index >= 15 is 0 Å². The molecule has 3 aromatic rings. The van der Waals surface area contributed by atoms with Gasteiger partial charge < -0.3 is 10.4 Å². The monoisotopic (exact) mass is 278 g/mol. The largest absolute Gasteiger partial charge is 0.394 e. The fourth-order valence-electron chi connectivity index (χ4n) is 2.53. The summed E-state index contributed by atoms with van der Waals surface area (Å²) in [6.45, 7) is 0.747. The van der Waals surface area contributed by atoms with Crippen LogP contribution in [0.25, 0.3) is 10.8 Å². The third-order valence-corrected chi connectivity index (χ3v) is 3.67. The average molecular weight is 278 g/mol. The van der Waals surface area contributed by atoms with Crippen LogP contribution in [0.3, 0.4) is 0 Å². The Morgan fingerprint density at radius 3 is 2.52 bits per heavy atom. The molecule has 0 aliphatic heterocycles. The zero-order chi connectivity index (χ0) is 14.5. The summed E-state index contributed by atoms with van der Waals surface area (Å²) >= 11 is 0. The SMILES string of the molecule is OC[C@@H](NCc1cncc2ccccc12)c1ccccc1. The number of aromatic nitrogens is 1. The van der Waals surface area contributed by atoms with Gasteiger partial charge in [-0.05, 0) is 16.5 Å². The second kappa shape index (κ2) is 6.48. The minimum atomic E-state index is -0.0647. The van der Waals surface area contributed by atoms with Gasteiger partial charge in [0.1, 0.15) is 0 Å². The van der Waals surface area contributed by atoms with Crippen molar-refractivity contribution in [2.24, 2.45) is 0 Å². The van der Waals surface area contributed by atoms with Gasteiger partial charge in [-0.2, -0.15) is 0 Å². The van der Waals surface area contributed by atoms with E-state index in [2.05, 4.69) is 22.4 Å². The van der Waals surface area contributed by atoms with Crippen molar-refractivity contribution in [2.75, 3.05) is 6.61 Å².